The van der Waals surface area contributed by atoms with Gasteiger partial charge in [0, 0.05) is 11.8 Å². The standard InChI is InChI=1S/C27H47NO2/c1-18(2)8-7-9-19(3)22-11-12-23-21-10-13-25(28-30)27(6,16-14-20(4)29)24(21)15-17-26(22,23)5/h18-19,21-24,30H,7-17H2,1-6H3/b28-25+/t19-,21+,22-,23+,24+,26-,27-/m1/s1. The van der Waals surface area contributed by atoms with Gasteiger partial charge in [-0.2, -0.15) is 0 Å². The first-order chi connectivity index (χ1) is 14.1. The van der Waals surface area contributed by atoms with Crippen LogP contribution in [-0.2, 0) is 4.79 Å². The fraction of sp³-hybridized carbons (Fsp3) is 0.926. The molecule has 172 valence electrons. The van der Waals surface area contributed by atoms with E-state index in [2.05, 4.69) is 39.8 Å². The molecule has 3 aliphatic carbocycles. The smallest absolute Gasteiger partial charge is 0.129 e. The molecule has 3 heteroatoms. The van der Waals surface area contributed by atoms with Gasteiger partial charge < -0.3 is 10.0 Å². The van der Waals surface area contributed by atoms with Gasteiger partial charge in [-0.15, -0.1) is 0 Å². The number of carbonyl (C=O) groups is 1. The summed E-state index contributed by atoms with van der Waals surface area (Å²) < 4.78 is 0. The second-order valence-corrected chi connectivity index (χ2v) is 12.1. The van der Waals surface area contributed by atoms with Crippen LogP contribution >= 0.6 is 0 Å². The van der Waals surface area contributed by atoms with Gasteiger partial charge in [-0.05, 0) is 92.8 Å². The van der Waals surface area contributed by atoms with Crippen molar-refractivity contribution in [3.8, 4) is 0 Å². The van der Waals surface area contributed by atoms with Crippen LogP contribution in [0.1, 0.15) is 112 Å². The quantitative estimate of drug-likeness (QED) is 0.328. The Morgan fingerprint density at radius 3 is 2.47 bits per heavy atom. The van der Waals surface area contributed by atoms with E-state index >= 15 is 0 Å². The molecule has 3 fully saturated rings. The zero-order chi connectivity index (χ0) is 22.1. The fourth-order valence-electron chi connectivity index (χ4n) is 8.24. The minimum Gasteiger partial charge on any atom is -0.411 e. The van der Waals surface area contributed by atoms with Crippen molar-refractivity contribution in [1.29, 1.82) is 0 Å². The predicted octanol–water partition coefficient (Wildman–Crippen LogP) is 7.51. The van der Waals surface area contributed by atoms with Crippen molar-refractivity contribution >= 4 is 11.5 Å². The molecule has 0 bridgehead atoms. The maximum absolute atomic E-state index is 11.8. The summed E-state index contributed by atoms with van der Waals surface area (Å²) in [6.07, 6.45) is 13.0. The number of hydrogen-bond donors (Lipinski definition) is 1. The molecule has 3 rings (SSSR count). The highest BCUT2D eigenvalue weighted by Crippen LogP contribution is 2.66. The minimum absolute atomic E-state index is 0.106. The molecule has 0 unspecified atom stereocenters. The monoisotopic (exact) mass is 417 g/mol. The maximum atomic E-state index is 11.8. The fourth-order valence-corrected chi connectivity index (χ4v) is 8.24. The molecule has 7 atom stereocenters. The summed E-state index contributed by atoms with van der Waals surface area (Å²) in [7, 11) is 0. The van der Waals surface area contributed by atoms with Crippen LogP contribution in [0, 0.1) is 46.3 Å². The number of carbonyl (C=O) groups excluding carboxylic acids is 1. The Morgan fingerprint density at radius 1 is 1.10 bits per heavy atom. The van der Waals surface area contributed by atoms with Crippen LogP contribution in [0.25, 0.3) is 0 Å². The van der Waals surface area contributed by atoms with Gasteiger partial charge in [-0.3, -0.25) is 0 Å². The lowest BCUT2D eigenvalue weighted by Crippen LogP contribution is -2.52. The molecule has 0 aromatic rings. The SMILES string of the molecule is CC(=O)CC[C@@]1(C)/C(=N/O)CC[C@H]2[C@@H]3CC[C@H]([C@H](C)CCCC(C)C)[C@@]3(C)CC[C@@H]21. The topological polar surface area (TPSA) is 49.7 Å². The lowest BCUT2D eigenvalue weighted by atomic mass is 9.47. The largest absolute Gasteiger partial charge is 0.411 e. The molecule has 0 aliphatic heterocycles. The highest BCUT2D eigenvalue weighted by Gasteiger charge is 2.59. The average Bonchev–Trinajstić information content (AvgIpc) is 3.04. The van der Waals surface area contributed by atoms with E-state index in [-0.39, 0.29) is 11.2 Å². The first-order valence-corrected chi connectivity index (χ1v) is 12.8. The summed E-state index contributed by atoms with van der Waals surface area (Å²) in [5.74, 6) is 4.89. The van der Waals surface area contributed by atoms with Gasteiger partial charge in [-0.25, -0.2) is 0 Å². The summed E-state index contributed by atoms with van der Waals surface area (Å²) in [6, 6.07) is 0. The maximum Gasteiger partial charge on any atom is 0.129 e. The number of ketones is 1. The molecule has 0 saturated heterocycles. The second kappa shape index (κ2) is 9.33. The molecule has 3 nitrogen and oxygen atoms in total. The number of hydrogen-bond acceptors (Lipinski definition) is 3. The van der Waals surface area contributed by atoms with Gasteiger partial charge in [0.1, 0.15) is 5.78 Å². The van der Waals surface area contributed by atoms with Gasteiger partial charge in [-0.1, -0.05) is 59.0 Å². The number of fused-ring (bicyclic) bond motifs is 3. The van der Waals surface area contributed by atoms with Crippen molar-refractivity contribution < 1.29 is 10.0 Å². The zero-order valence-electron chi connectivity index (χ0n) is 20.5. The summed E-state index contributed by atoms with van der Waals surface area (Å²) in [5, 5.41) is 13.5. The van der Waals surface area contributed by atoms with Gasteiger partial charge in [0.25, 0.3) is 0 Å². The molecule has 0 aromatic heterocycles. The molecule has 30 heavy (non-hydrogen) atoms. The van der Waals surface area contributed by atoms with E-state index in [9.17, 15) is 10.0 Å². The molecule has 0 radical (unpaired) electrons. The summed E-state index contributed by atoms with van der Waals surface area (Å²) >= 11 is 0. The van der Waals surface area contributed by atoms with E-state index < -0.39 is 0 Å². The van der Waals surface area contributed by atoms with E-state index in [0.29, 0.717) is 17.8 Å². The third kappa shape index (κ3) is 4.37. The number of rotatable bonds is 8. The Hall–Kier alpha value is -0.860. The van der Waals surface area contributed by atoms with Gasteiger partial charge in [0.2, 0.25) is 0 Å². The third-order valence-corrected chi connectivity index (χ3v) is 9.95. The minimum atomic E-state index is -0.106. The predicted molar refractivity (Wildman–Crippen MR) is 125 cm³/mol. The molecule has 1 N–H and O–H groups in total. The van der Waals surface area contributed by atoms with Gasteiger partial charge in [0.05, 0.1) is 5.71 Å². The second-order valence-electron chi connectivity index (χ2n) is 12.1. The average molecular weight is 418 g/mol. The Morgan fingerprint density at radius 2 is 1.83 bits per heavy atom. The van der Waals surface area contributed by atoms with Crippen molar-refractivity contribution in [3.05, 3.63) is 0 Å². The van der Waals surface area contributed by atoms with Crippen LogP contribution in [0.15, 0.2) is 5.16 Å². The Labute approximate surface area is 185 Å². The van der Waals surface area contributed by atoms with Crippen molar-refractivity contribution in [2.75, 3.05) is 0 Å². The lowest BCUT2D eigenvalue weighted by molar-refractivity contribution is -0.118. The van der Waals surface area contributed by atoms with E-state index in [1.807, 2.05) is 0 Å². The summed E-state index contributed by atoms with van der Waals surface area (Å²) in [6.45, 7) is 13.8. The van der Waals surface area contributed by atoms with Crippen LogP contribution in [0.3, 0.4) is 0 Å². The third-order valence-electron chi connectivity index (χ3n) is 9.95. The van der Waals surface area contributed by atoms with Crippen LogP contribution in [0.4, 0.5) is 0 Å². The van der Waals surface area contributed by atoms with Crippen molar-refractivity contribution in [2.24, 2.45) is 51.5 Å². The lowest BCUT2D eigenvalue weighted by Gasteiger charge is -2.57. The normalized spacial score (nSPS) is 41.0. The molecule has 0 aromatic carbocycles. The van der Waals surface area contributed by atoms with E-state index in [1.54, 1.807) is 6.92 Å². The molecule has 0 heterocycles. The van der Waals surface area contributed by atoms with Crippen LogP contribution in [0.2, 0.25) is 0 Å². The molecular weight excluding hydrogens is 370 g/mol. The molecule has 3 saturated carbocycles. The van der Waals surface area contributed by atoms with Crippen molar-refractivity contribution in [1.82, 2.24) is 0 Å². The summed E-state index contributed by atoms with van der Waals surface area (Å²) in [5.41, 5.74) is 1.34. The first-order valence-electron chi connectivity index (χ1n) is 12.8. The highest BCUT2D eigenvalue weighted by molar-refractivity contribution is 5.91. The molecule has 0 amide bonds. The number of nitrogens with zero attached hydrogens (tertiary/aromatic N) is 1. The Bertz CT molecular complexity index is 641. The van der Waals surface area contributed by atoms with Crippen LogP contribution in [-0.4, -0.2) is 16.7 Å². The molecular formula is C27H47NO2. The number of oxime groups is 1. The van der Waals surface area contributed by atoms with Crippen molar-refractivity contribution in [2.45, 2.75) is 112 Å². The van der Waals surface area contributed by atoms with Crippen LogP contribution < -0.4 is 0 Å². The highest BCUT2D eigenvalue weighted by atomic mass is 16.4. The molecule has 3 aliphatic rings. The number of Topliss-reactive ketones (excluding diaryl/α,β-unsaturated/α-hetero) is 1. The Balaban J connectivity index is 1.76. The van der Waals surface area contributed by atoms with E-state index in [1.165, 1.54) is 51.4 Å². The van der Waals surface area contributed by atoms with E-state index in [0.717, 1.165) is 48.1 Å². The zero-order valence-corrected chi connectivity index (χ0v) is 20.5. The van der Waals surface area contributed by atoms with Gasteiger partial charge >= 0.3 is 0 Å². The first kappa shape index (κ1) is 23.8. The summed E-state index contributed by atoms with van der Waals surface area (Å²) in [4.78, 5) is 11.8. The Kier molecular flexibility index (Phi) is 7.40. The molecule has 0 spiro atoms. The van der Waals surface area contributed by atoms with Crippen LogP contribution in [0.5, 0.6) is 0 Å². The van der Waals surface area contributed by atoms with Gasteiger partial charge in [0.15, 0.2) is 0 Å². The van der Waals surface area contributed by atoms with Crippen molar-refractivity contribution in [3.63, 3.8) is 0 Å². The van der Waals surface area contributed by atoms with E-state index in [4.69, 9.17) is 0 Å².